The highest BCUT2D eigenvalue weighted by Gasteiger charge is 2.22. The van der Waals surface area contributed by atoms with E-state index in [0.29, 0.717) is 17.6 Å². The molecule has 0 aliphatic rings. The number of aromatic nitrogens is 3. The van der Waals surface area contributed by atoms with Gasteiger partial charge in [0.05, 0.1) is 11.9 Å². The Labute approximate surface area is 189 Å². The van der Waals surface area contributed by atoms with Gasteiger partial charge in [0.1, 0.15) is 5.75 Å². The zero-order chi connectivity index (χ0) is 21.7. The van der Waals surface area contributed by atoms with E-state index in [9.17, 15) is 4.79 Å². The summed E-state index contributed by atoms with van der Waals surface area (Å²) in [6.45, 7) is 8.34. The molecule has 30 heavy (non-hydrogen) atoms. The molecule has 0 spiro atoms. The Morgan fingerprint density at radius 3 is 2.37 bits per heavy atom. The maximum Gasteiger partial charge on any atom is 0.233 e. The predicted octanol–water partition coefficient (Wildman–Crippen LogP) is 5.10. The van der Waals surface area contributed by atoms with Crippen LogP contribution >= 0.6 is 27.7 Å². The highest BCUT2D eigenvalue weighted by atomic mass is 79.9. The van der Waals surface area contributed by atoms with Crippen LogP contribution in [-0.4, -0.2) is 38.6 Å². The van der Waals surface area contributed by atoms with E-state index in [1.54, 1.807) is 0 Å². The average Bonchev–Trinajstić information content (AvgIpc) is 3.12. The molecule has 0 saturated carbocycles. The summed E-state index contributed by atoms with van der Waals surface area (Å²) in [7, 11) is 0. The molecular weight excluding hydrogens is 464 g/mol. The van der Waals surface area contributed by atoms with E-state index >= 15 is 0 Å². The number of carbonyl (C=O) groups is 1. The summed E-state index contributed by atoms with van der Waals surface area (Å²) < 4.78 is 8.53. The second kappa shape index (κ2) is 10.1. The largest absolute Gasteiger partial charge is 0.494 e. The molecular formula is C22H25BrN4O2S. The summed E-state index contributed by atoms with van der Waals surface area (Å²) in [4.78, 5) is 12.4. The fourth-order valence-corrected chi connectivity index (χ4v) is 3.98. The van der Waals surface area contributed by atoms with Crippen molar-refractivity contribution in [3.8, 4) is 22.8 Å². The van der Waals surface area contributed by atoms with Gasteiger partial charge in [-0.15, -0.1) is 10.2 Å². The summed E-state index contributed by atoms with van der Waals surface area (Å²) in [6, 6.07) is 15.8. The van der Waals surface area contributed by atoms with Crippen molar-refractivity contribution < 1.29 is 9.53 Å². The lowest BCUT2D eigenvalue weighted by atomic mass is 10.2. The van der Waals surface area contributed by atoms with Crippen molar-refractivity contribution in [2.45, 2.75) is 44.1 Å². The molecule has 0 fully saturated rings. The molecule has 158 valence electrons. The van der Waals surface area contributed by atoms with Crippen molar-refractivity contribution in [3.05, 3.63) is 53.0 Å². The van der Waals surface area contributed by atoms with Gasteiger partial charge in [-0.1, -0.05) is 39.8 Å². The van der Waals surface area contributed by atoms with E-state index < -0.39 is 0 Å². The van der Waals surface area contributed by atoms with Crippen molar-refractivity contribution in [3.63, 3.8) is 0 Å². The topological polar surface area (TPSA) is 69.0 Å². The first-order chi connectivity index (χ1) is 14.4. The molecule has 1 heterocycles. The van der Waals surface area contributed by atoms with Gasteiger partial charge in [-0.05, 0) is 64.1 Å². The summed E-state index contributed by atoms with van der Waals surface area (Å²) in [6.07, 6.45) is 0. The van der Waals surface area contributed by atoms with Crippen molar-refractivity contribution in [2.75, 3.05) is 6.61 Å². The van der Waals surface area contributed by atoms with E-state index in [1.165, 1.54) is 11.8 Å². The minimum atomic E-state index is -0.309. The molecule has 0 saturated heterocycles. The van der Waals surface area contributed by atoms with Crippen molar-refractivity contribution >= 4 is 33.6 Å². The maximum absolute atomic E-state index is 12.4. The third-order valence-electron chi connectivity index (χ3n) is 4.22. The third kappa shape index (κ3) is 5.43. The Bertz CT molecular complexity index is 987. The Morgan fingerprint density at radius 2 is 1.77 bits per heavy atom. The van der Waals surface area contributed by atoms with Crippen LogP contribution in [0.1, 0.15) is 27.7 Å². The van der Waals surface area contributed by atoms with Crippen LogP contribution in [0.5, 0.6) is 5.75 Å². The summed E-state index contributed by atoms with van der Waals surface area (Å²) in [5.41, 5.74) is 1.84. The van der Waals surface area contributed by atoms with Crippen LogP contribution in [0.3, 0.4) is 0 Å². The number of carbonyl (C=O) groups excluding carboxylic acids is 1. The van der Waals surface area contributed by atoms with Crippen LogP contribution in [0.15, 0.2) is 58.2 Å². The Morgan fingerprint density at radius 1 is 1.10 bits per heavy atom. The Kier molecular flexibility index (Phi) is 7.55. The molecule has 1 aromatic heterocycles. The Hall–Kier alpha value is -2.32. The van der Waals surface area contributed by atoms with Crippen LogP contribution in [0.2, 0.25) is 0 Å². The molecule has 1 atom stereocenters. The second-order valence-electron chi connectivity index (χ2n) is 7.00. The number of halogens is 1. The number of nitrogens with zero attached hydrogens (tertiary/aromatic N) is 3. The van der Waals surface area contributed by atoms with Gasteiger partial charge in [0, 0.05) is 21.8 Å². The number of amides is 1. The predicted molar refractivity (Wildman–Crippen MR) is 124 cm³/mol. The van der Waals surface area contributed by atoms with Crippen molar-refractivity contribution in [1.82, 2.24) is 20.1 Å². The van der Waals surface area contributed by atoms with E-state index in [1.807, 2.05) is 80.8 Å². The fourth-order valence-electron chi connectivity index (χ4n) is 2.84. The van der Waals surface area contributed by atoms with E-state index in [-0.39, 0.29) is 17.2 Å². The average molecular weight is 489 g/mol. The van der Waals surface area contributed by atoms with Gasteiger partial charge in [0.2, 0.25) is 5.91 Å². The summed E-state index contributed by atoms with van der Waals surface area (Å²) in [5.74, 6) is 1.49. The minimum Gasteiger partial charge on any atom is -0.494 e. The molecule has 0 aliphatic carbocycles. The normalized spacial score (nSPS) is 12.1. The number of ether oxygens (including phenoxy) is 1. The molecule has 3 rings (SSSR count). The van der Waals surface area contributed by atoms with Crippen LogP contribution < -0.4 is 10.1 Å². The minimum absolute atomic E-state index is 0.0264. The van der Waals surface area contributed by atoms with Gasteiger partial charge >= 0.3 is 0 Å². The highest BCUT2D eigenvalue weighted by Crippen LogP contribution is 2.31. The van der Waals surface area contributed by atoms with E-state index in [4.69, 9.17) is 4.74 Å². The SMILES string of the molecule is CCOc1ccc(-n2c(SC(C)C(=O)NC(C)C)nnc2-c2ccc(Br)cc2)cc1. The lowest BCUT2D eigenvalue weighted by Gasteiger charge is -2.15. The smallest absolute Gasteiger partial charge is 0.233 e. The first-order valence-electron chi connectivity index (χ1n) is 9.80. The highest BCUT2D eigenvalue weighted by molar-refractivity contribution is 9.10. The zero-order valence-corrected chi connectivity index (χ0v) is 19.8. The monoisotopic (exact) mass is 488 g/mol. The molecule has 3 aromatic rings. The fraction of sp³-hybridized carbons (Fsp3) is 0.318. The third-order valence-corrected chi connectivity index (χ3v) is 5.80. The van der Waals surface area contributed by atoms with Crippen LogP contribution in [0.4, 0.5) is 0 Å². The lowest BCUT2D eigenvalue weighted by Crippen LogP contribution is -2.36. The van der Waals surface area contributed by atoms with Crippen molar-refractivity contribution in [2.24, 2.45) is 0 Å². The number of benzene rings is 2. The molecule has 8 heteroatoms. The van der Waals surface area contributed by atoms with E-state index in [2.05, 4.69) is 31.4 Å². The van der Waals surface area contributed by atoms with Gasteiger partial charge in [-0.2, -0.15) is 0 Å². The molecule has 2 aromatic carbocycles. The molecule has 6 nitrogen and oxygen atoms in total. The van der Waals surface area contributed by atoms with Crippen LogP contribution in [-0.2, 0) is 4.79 Å². The molecule has 0 aliphatic heterocycles. The zero-order valence-electron chi connectivity index (χ0n) is 17.4. The molecule has 1 amide bonds. The maximum atomic E-state index is 12.4. The number of nitrogens with one attached hydrogen (secondary N) is 1. The number of hydrogen-bond acceptors (Lipinski definition) is 5. The number of thioether (sulfide) groups is 1. The quantitative estimate of drug-likeness (QED) is 0.446. The lowest BCUT2D eigenvalue weighted by molar-refractivity contribution is -0.120. The first kappa shape index (κ1) is 22.4. The number of rotatable bonds is 8. The second-order valence-corrected chi connectivity index (χ2v) is 9.22. The Balaban J connectivity index is 2.00. The summed E-state index contributed by atoms with van der Waals surface area (Å²) in [5, 5.41) is 12.1. The van der Waals surface area contributed by atoms with Crippen LogP contribution in [0.25, 0.3) is 17.1 Å². The molecule has 1 N–H and O–H groups in total. The summed E-state index contributed by atoms with van der Waals surface area (Å²) >= 11 is 4.86. The van der Waals surface area contributed by atoms with Gasteiger partial charge in [-0.3, -0.25) is 9.36 Å². The van der Waals surface area contributed by atoms with E-state index in [0.717, 1.165) is 21.5 Å². The van der Waals surface area contributed by atoms with Crippen molar-refractivity contribution in [1.29, 1.82) is 0 Å². The molecule has 1 unspecified atom stereocenters. The van der Waals surface area contributed by atoms with Crippen LogP contribution in [0, 0.1) is 0 Å². The first-order valence-corrected chi connectivity index (χ1v) is 11.5. The van der Waals surface area contributed by atoms with Gasteiger partial charge in [-0.25, -0.2) is 0 Å². The number of hydrogen-bond donors (Lipinski definition) is 1. The van der Waals surface area contributed by atoms with Gasteiger partial charge < -0.3 is 10.1 Å². The molecule has 0 radical (unpaired) electrons. The standard InChI is InChI=1S/C22H25BrN4O2S/c1-5-29-19-12-10-18(11-13-19)27-20(16-6-8-17(23)9-7-16)25-26-22(27)30-15(4)21(28)24-14(2)3/h6-15H,5H2,1-4H3,(H,24,28). The van der Waals surface area contributed by atoms with Gasteiger partial charge in [0.15, 0.2) is 11.0 Å². The molecule has 0 bridgehead atoms. The van der Waals surface area contributed by atoms with Gasteiger partial charge in [0.25, 0.3) is 0 Å².